The molecule has 14 heavy (non-hydrogen) atoms. The third kappa shape index (κ3) is 2.13. The molecule has 0 amide bonds. The minimum absolute atomic E-state index is 0.232. The molecule has 4 atom stereocenters. The Bertz CT molecular complexity index is 199. The molecular weight excluding hydrogens is 186 g/mol. The van der Waals surface area contributed by atoms with E-state index in [-0.39, 0.29) is 13.2 Å². The molecule has 0 aromatic heterocycles. The number of likely N-dealkylation sites (tertiary alicyclic amines) is 1. The molecule has 0 aliphatic carbocycles. The van der Waals surface area contributed by atoms with Gasteiger partial charge >= 0.3 is 0 Å². The Labute approximate surface area is 82.9 Å². The van der Waals surface area contributed by atoms with Gasteiger partial charge in [0, 0.05) is 13.1 Å². The van der Waals surface area contributed by atoms with Gasteiger partial charge in [-0.2, -0.15) is 0 Å². The van der Waals surface area contributed by atoms with Crippen LogP contribution in [0.1, 0.15) is 0 Å². The van der Waals surface area contributed by atoms with Gasteiger partial charge in [-0.05, 0) is 0 Å². The number of aliphatic hydroxyl groups is 4. The lowest BCUT2D eigenvalue weighted by Crippen LogP contribution is -2.62. The van der Waals surface area contributed by atoms with Crippen LogP contribution in [0, 0.1) is 0 Å². The monoisotopic (exact) mass is 203 g/mol. The summed E-state index contributed by atoms with van der Waals surface area (Å²) < 4.78 is 0. The highest BCUT2D eigenvalue weighted by Gasteiger charge is 2.40. The molecule has 0 bridgehead atoms. The molecule has 0 unspecified atom stereocenters. The fraction of sp³-hybridized carbons (Fsp3) is 0.778. The van der Waals surface area contributed by atoms with E-state index in [0.717, 1.165) is 0 Å². The Kier molecular flexibility index (Phi) is 4.03. The van der Waals surface area contributed by atoms with Crippen molar-refractivity contribution >= 4 is 0 Å². The summed E-state index contributed by atoms with van der Waals surface area (Å²) in [6.07, 6.45) is -1.66. The van der Waals surface area contributed by atoms with Crippen LogP contribution >= 0.6 is 0 Å². The molecule has 0 radical (unpaired) electrons. The predicted octanol–water partition coefficient (Wildman–Crippen LogP) is -2.07. The van der Waals surface area contributed by atoms with E-state index in [0.29, 0.717) is 6.54 Å². The van der Waals surface area contributed by atoms with E-state index in [9.17, 15) is 15.3 Å². The second-order valence-corrected chi connectivity index (χ2v) is 3.54. The van der Waals surface area contributed by atoms with E-state index in [1.54, 1.807) is 11.0 Å². The van der Waals surface area contributed by atoms with Crippen molar-refractivity contribution in [1.82, 2.24) is 4.90 Å². The van der Waals surface area contributed by atoms with E-state index in [4.69, 9.17) is 5.11 Å². The first-order chi connectivity index (χ1) is 6.61. The molecular formula is C9H17NO4. The number of nitrogens with zero attached hydrogens (tertiary/aromatic N) is 1. The third-order valence-corrected chi connectivity index (χ3v) is 2.58. The van der Waals surface area contributed by atoms with Gasteiger partial charge in [0.15, 0.2) is 0 Å². The summed E-state index contributed by atoms with van der Waals surface area (Å²) in [5, 5.41) is 37.4. The Hall–Kier alpha value is -0.460. The van der Waals surface area contributed by atoms with E-state index in [1.807, 2.05) is 0 Å². The smallest absolute Gasteiger partial charge is 0.109 e. The molecule has 5 heteroatoms. The lowest BCUT2D eigenvalue weighted by Gasteiger charge is -2.42. The van der Waals surface area contributed by atoms with Crippen molar-refractivity contribution in [3.05, 3.63) is 12.7 Å². The molecule has 1 aliphatic heterocycles. The summed E-state index contributed by atoms with van der Waals surface area (Å²) in [7, 11) is 0. The second-order valence-electron chi connectivity index (χ2n) is 3.54. The molecule has 1 heterocycles. The zero-order valence-electron chi connectivity index (χ0n) is 7.95. The van der Waals surface area contributed by atoms with Crippen LogP contribution in [0.3, 0.4) is 0 Å². The molecule has 1 aliphatic rings. The SMILES string of the molecule is C=CCN1C[C@H](O)[C@@H](O)[C@@H](O)[C@H]1CO. The van der Waals surface area contributed by atoms with Gasteiger partial charge < -0.3 is 20.4 Å². The molecule has 1 saturated heterocycles. The zero-order chi connectivity index (χ0) is 10.7. The van der Waals surface area contributed by atoms with Crippen LogP contribution in [0.2, 0.25) is 0 Å². The molecule has 1 fully saturated rings. The maximum Gasteiger partial charge on any atom is 0.109 e. The fourth-order valence-electron chi connectivity index (χ4n) is 1.75. The van der Waals surface area contributed by atoms with Crippen molar-refractivity contribution in [3.8, 4) is 0 Å². The van der Waals surface area contributed by atoms with Gasteiger partial charge in [-0.1, -0.05) is 6.08 Å². The number of rotatable bonds is 3. The van der Waals surface area contributed by atoms with Crippen molar-refractivity contribution < 1.29 is 20.4 Å². The first kappa shape index (κ1) is 11.6. The maximum absolute atomic E-state index is 9.56. The van der Waals surface area contributed by atoms with Gasteiger partial charge in [0.2, 0.25) is 0 Å². The van der Waals surface area contributed by atoms with Gasteiger partial charge in [-0.3, -0.25) is 4.90 Å². The molecule has 4 N–H and O–H groups in total. The number of hydrogen-bond acceptors (Lipinski definition) is 5. The molecule has 5 nitrogen and oxygen atoms in total. The first-order valence-electron chi connectivity index (χ1n) is 4.61. The van der Waals surface area contributed by atoms with Crippen molar-refractivity contribution in [1.29, 1.82) is 0 Å². The number of β-amino-alcohol motifs (C(OH)–C–C–N with tert-alkyl or cyclic N) is 1. The maximum atomic E-state index is 9.56. The Morgan fingerprint density at radius 2 is 1.93 bits per heavy atom. The molecule has 0 saturated carbocycles. The third-order valence-electron chi connectivity index (χ3n) is 2.58. The molecule has 0 spiro atoms. The standard InChI is InChI=1S/C9H17NO4/c1-2-3-10-4-7(12)9(14)8(13)6(10)5-11/h2,6-9,11-14H,1,3-5H2/t6-,7+,8+,9-/m1/s1. The van der Waals surface area contributed by atoms with Crippen molar-refractivity contribution in [2.75, 3.05) is 19.7 Å². The zero-order valence-corrected chi connectivity index (χ0v) is 7.95. The van der Waals surface area contributed by atoms with E-state index >= 15 is 0 Å². The van der Waals surface area contributed by atoms with Crippen molar-refractivity contribution in [2.45, 2.75) is 24.4 Å². The molecule has 82 valence electrons. The van der Waals surface area contributed by atoms with Crippen molar-refractivity contribution in [2.24, 2.45) is 0 Å². The quantitative estimate of drug-likeness (QED) is 0.396. The average Bonchev–Trinajstić information content (AvgIpc) is 2.16. The highest BCUT2D eigenvalue weighted by Crippen LogP contribution is 2.18. The number of piperidine rings is 1. The van der Waals surface area contributed by atoms with Crippen LogP contribution in [-0.4, -0.2) is 69.4 Å². The van der Waals surface area contributed by atoms with Gasteiger partial charge in [0.1, 0.15) is 12.2 Å². The fourth-order valence-corrected chi connectivity index (χ4v) is 1.75. The molecule has 0 aromatic rings. The van der Waals surface area contributed by atoms with Crippen molar-refractivity contribution in [3.63, 3.8) is 0 Å². The van der Waals surface area contributed by atoms with E-state index in [2.05, 4.69) is 6.58 Å². The van der Waals surface area contributed by atoms with Gasteiger partial charge in [0.25, 0.3) is 0 Å². The summed E-state index contributed by atoms with van der Waals surface area (Å²) in [5.74, 6) is 0. The van der Waals surface area contributed by atoms with Gasteiger partial charge in [0.05, 0.1) is 18.8 Å². The predicted molar refractivity (Wildman–Crippen MR) is 50.7 cm³/mol. The van der Waals surface area contributed by atoms with E-state index in [1.165, 1.54) is 0 Å². The summed E-state index contributed by atoms with van der Waals surface area (Å²) in [6.45, 7) is 3.99. The Morgan fingerprint density at radius 1 is 1.29 bits per heavy atom. The number of hydrogen-bond donors (Lipinski definition) is 4. The minimum Gasteiger partial charge on any atom is -0.395 e. The molecule has 0 aromatic carbocycles. The Morgan fingerprint density at radius 3 is 2.43 bits per heavy atom. The van der Waals surface area contributed by atoms with Crippen LogP contribution in [0.25, 0.3) is 0 Å². The highest BCUT2D eigenvalue weighted by atomic mass is 16.4. The minimum atomic E-state index is -1.19. The van der Waals surface area contributed by atoms with E-state index < -0.39 is 24.4 Å². The van der Waals surface area contributed by atoms with Crippen LogP contribution in [-0.2, 0) is 0 Å². The highest BCUT2D eigenvalue weighted by molar-refractivity contribution is 4.95. The van der Waals surface area contributed by atoms with Gasteiger partial charge in [-0.25, -0.2) is 0 Å². The second kappa shape index (κ2) is 4.86. The molecule has 1 rings (SSSR count). The Balaban J connectivity index is 2.70. The summed E-state index contributed by atoms with van der Waals surface area (Å²) in [4.78, 5) is 1.69. The van der Waals surface area contributed by atoms with Crippen LogP contribution in [0.5, 0.6) is 0 Å². The lowest BCUT2D eigenvalue weighted by molar-refractivity contribution is -0.142. The lowest BCUT2D eigenvalue weighted by atomic mass is 9.94. The van der Waals surface area contributed by atoms with Crippen LogP contribution in [0.15, 0.2) is 12.7 Å². The average molecular weight is 203 g/mol. The van der Waals surface area contributed by atoms with Crippen LogP contribution < -0.4 is 0 Å². The summed E-state index contributed by atoms with van der Waals surface area (Å²) in [6, 6.07) is -0.536. The van der Waals surface area contributed by atoms with Gasteiger partial charge in [-0.15, -0.1) is 6.58 Å². The largest absolute Gasteiger partial charge is 0.395 e. The number of aliphatic hydroxyl groups excluding tert-OH is 4. The van der Waals surface area contributed by atoms with Crippen LogP contribution in [0.4, 0.5) is 0 Å². The summed E-state index contributed by atoms with van der Waals surface area (Å²) in [5.41, 5.74) is 0. The normalized spacial score (nSPS) is 39.7. The summed E-state index contributed by atoms with van der Waals surface area (Å²) >= 11 is 0. The topological polar surface area (TPSA) is 84.2 Å². The first-order valence-corrected chi connectivity index (χ1v) is 4.61.